The van der Waals surface area contributed by atoms with Gasteiger partial charge in [0.1, 0.15) is 11.4 Å². The van der Waals surface area contributed by atoms with Crippen molar-refractivity contribution in [1.82, 2.24) is 20.2 Å². The molecule has 166 valence electrons. The van der Waals surface area contributed by atoms with Gasteiger partial charge < -0.3 is 5.73 Å². The number of nitrogens with zero attached hydrogens (tertiary/aromatic N) is 3. The maximum atomic E-state index is 12.7. The summed E-state index contributed by atoms with van der Waals surface area (Å²) < 4.78 is 38.1. The van der Waals surface area contributed by atoms with Gasteiger partial charge in [0.15, 0.2) is 0 Å². The number of allylic oxidation sites excluding steroid dienone is 2. The summed E-state index contributed by atoms with van der Waals surface area (Å²) in [5.74, 6) is 0. The van der Waals surface area contributed by atoms with Crippen LogP contribution in [0.4, 0.5) is 13.2 Å². The minimum absolute atomic E-state index is 0.0825. The molecular weight excluding hydrogens is 429 g/mol. The fraction of sp³-hybridized carbons (Fsp3) is 0.0833. The number of benzene rings is 1. The van der Waals surface area contributed by atoms with E-state index in [0.717, 1.165) is 33.9 Å². The highest BCUT2D eigenvalue weighted by atomic mass is 19.4. The van der Waals surface area contributed by atoms with Crippen LogP contribution in [0.25, 0.3) is 33.9 Å². The average molecular weight is 448 g/mol. The van der Waals surface area contributed by atoms with Gasteiger partial charge in [-0.2, -0.15) is 18.3 Å². The molecule has 33 heavy (non-hydrogen) atoms. The number of aromatic nitrogens is 4. The summed E-state index contributed by atoms with van der Waals surface area (Å²) in [6, 6.07) is 19.9. The molecule has 4 aromatic rings. The van der Waals surface area contributed by atoms with Crippen LogP contribution in [0.15, 0.2) is 78.5 Å². The van der Waals surface area contributed by atoms with Crippen molar-refractivity contribution < 1.29 is 13.2 Å². The lowest BCUT2D eigenvalue weighted by molar-refractivity contribution is -0.0925. The van der Waals surface area contributed by atoms with Gasteiger partial charge in [-0.25, -0.2) is 9.97 Å². The van der Waals surface area contributed by atoms with E-state index in [4.69, 9.17) is 16.1 Å². The Morgan fingerprint density at radius 1 is 0.879 bits per heavy atom. The van der Waals surface area contributed by atoms with Gasteiger partial charge in [-0.15, -0.1) is 0 Å². The van der Waals surface area contributed by atoms with E-state index in [1.165, 1.54) is 6.07 Å². The first-order chi connectivity index (χ1) is 15.7. The normalized spacial score (nSPS) is 12.1. The summed E-state index contributed by atoms with van der Waals surface area (Å²) in [5.41, 5.74) is 8.56. The molecule has 0 fully saturated rings. The lowest BCUT2D eigenvalue weighted by atomic mass is 10.0. The van der Waals surface area contributed by atoms with Crippen molar-refractivity contribution in [3.05, 3.63) is 89.9 Å². The second-order valence-corrected chi connectivity index (χ2v) is 7.34. The van der Waals surface area contributed by atoms with Crippen molar-refractivity contribution in [2.75, 3.05) is 0 Å². The van der Waals surface area contributed by atoms with E-state index in [1.54, 1.807) is 12.1 Å². The van der Waals surface area contributed by atoms with E-state index in [0.29, 0.717) is 11.8 Å². The lowest BCUT2D eigenvalue weighted by Crippen LogP contribution is -2.20. The first-order valence-corrected chi connectivity index (χ1v) is 9.91. The quantitative estimate of drug-likeness (QED) is 0.361. The first kappa shape index (κ1) is 21.9. The van der Waals surface area contributed by atoms with Gasteiger partial charge in [-0.05, 0) is 49.4 Å². The number of alkyl halides is 3. The van der Waals surface area contributed by atoms with E-state index >= 15 is 0 Å². The smallest absolute Gasteiger partial charge is 0.395 e. The van der Waals surface area contributed by atoms with Crippen LogP contribution < -0.4 is 5.73 Å². The second-order valence-electron chi connectivity index (χ2n) is 7.34. The maximum Gasteiger partial charge on any atom is 0.430 e. The van der Waals surface area contributed by atoms with Gasteiger partial charge in [0.25, 0.3) is 0 Å². The molecule has 0 amide bonds. The molecule has 4 rings (SSSR count). The Balaban J connectivity index is 1.66. The third kappa shape index (κ3) is 4.98. The Bertz CT molecular complexity index is 1350. The fourth-order valence-corrected chi connectivity index (χ4v) is 3.18. The Kier molecular flexibility index (Phi) is 5.78. The molecule has 3 aromatic heterocycles. The Hall–Kier alpha value is -4.27. The molecule has 9 heteroatoms. The number of aryl methyl sites for hydroxylation is 1. The number of hydrogen-bond donors (Lipinski definition) is 3. The maximum absolute atomic E-state index is 12.7. The third-order valence-corrected chi connectivity index (χ3v) is 4.82. The molecule has 1 aromatic carbocycles. The van der Waals surface area contributed by atoms with Gasteiger partial charge in [0.2, 0.25) is 0 Å². The number of hydrogen-bond acceptors (Lipinski definition) is 5. The van der Waals surface area contributed by atoms with Crippen LogP contribution >= 0.6 is 0 Å². The predicted molar refractivity (Wildman–Crippen MR) is 120 cm³/mol. The van der Waals surface area contributed by atoms with Crippen LogP contribution in [-0.2, 0) is 0 Å². The van der Waals surface area contributed by atoms with Crippen molar-refractivity contribution in [3.63, 3.8) is 0 Å². The second kappa shape index (κ2) is 8.70. The van der Waals surface area contributed by atoms with Crippen LogP contribution in [0.3, 0.4) is 0 Å². The van der Waals surface area contributed by atoms with Crippen LogP contribution in [0, 0.1) is 12.3 Å². The lowest BCUT2D eigenvalue weighted by Gasteiger charge is -2.09. The van der Waals surface area contributed by atoms with Crippen LogP contribution in [0.5, 0.6) is 0 Å². The summed E-state index contributed by atoms with van der Waals surface area (Å²) in [7, 11) is 0. The molecule has 0 saturated heterocycles. The topological polar surface area (TPSA) is 104 Å². The highest BCUT2D eigenvalue weighted by molar-refractivity contribution is 6.05. The van der Waals surface area contributed by atoms with Gasteiger partial charge in [-0.3, -0.25) is 10.5 Å². The zero-order valence-corrected chi connectivity index (χ0v) is 17.5. The molecule has 6 nitrogen and oxygen atoms in total. The Labute approximate surface area is 187 Å². The van der Waals surface area contributed by atoms with Crippen LogP contribution in [0.2, 0.25) is 0 Å². The standard InChI is InChI=1S/C24H19F3N6/c1-14-11-22(33-32-14)21-10-4-8-19(31-21)16-6-2-5-15(12-16)18-7-3-9-20(30-18)17(28)13-23(29)24(25,26)27/h2-13,28H,29H2,1H3,(H,32,33). The number of pyridine rings is 2. The van der Waals surface area contributed by atoms with Gasteiger partial charge in [0.05, 0.1) is 28.5 Å². The van der Waals surface area contributed by atoms with Gasteiger partial charge >= 0.3 is 6.18 Å². The van der Waals surface area contributed by atoms with E-state index in [1.807, 2.05) is 55.5 Å². The summed E-state index contributed by atoms with van der Waals surface area (Å²) in [5, 5.41) is 15.1. The molecule has 3 heterocycles. The van der Waals surface area contributed by atoms with E-state index in [-0.39, 0.29) is 5.69 Å². The third-order valence-electron chi connectivity index (χ3n) is 4.82. The van der Waals surface area contributed by atoms with Crippen LogP contribution in [-0.4, -0.2) is 32.1 Å². The Morgan fingerprint density at radius 2 is 1.48 bits per heavy atom. The molecule has 4 N–H and O–H groups in total. The predicted octanol–water partition coefficient (Wildman–Crippen LogP) is 5.28. The summed E-state index contributed by atoms with van der Waals surface area (Å²) in [6.07, 6.45) is -4.14. The molecule has 0 aliphatic heterocycles. The summed E-state index contributed by atoms with van der Waals surface area (Å²) >= 11 is 0. The molecular formula is C24H19F3N6. The van der Waals surface area contributed by atoms with Crippen molar-refractivity contribution in [1.29, 1.82) is 5.41 Å². The number of nitrogens with one attached hydrogen (secondary N) is 2. The van der Waals surface area contributed by atoms with Crippen molar-refractivity contribution in [2.24, 2.45) is 5.73 Å². The molecule has 0 spiro atoms. The van der Waals surface area contributed by atoms with Crippen molar-refractivity contribution >= 4 is 5.71 Å². The fourth-order valence-electron chi connectivity index (χ4n) is 3.18. The van der Waals surface area contributed by atoms with Crippen LogP contribution in [0.1, 0.15) is 11.4 Å². The number of rotatable bonds is 5. The van der Waals surface area contributed by atoms with Gasteiger partial charge in [0, 0.05) is 16.8 Å². The number of H-pyrrole nitrogens is 1. The molecule has 0 saturated carbocycles. The van der Waals surface area contributed by atoms with E-state index in [9.17, 15) is 13.2 Å². The monoisotopic (exact) mass is 448 g/mol. The molecule has 0 bridgehead atoms. The van der Waals surface area contributed by atoms with E-state index < -0.39 is 17.6 Å². The van der Waals surface area contributed by atoms with Crippen molar-refractivity contribution in [3.8, 4) is 33.9 Å². The number of halogens is 3. The average Bonchev–Trinajstić information content (AvgIpc) is 3.25. The molecule has 0 radical (unpaired) electrons. The number of nitrogens with two attached hydrogens (primary N) is 1. The molecule has 0 atom stereocenters. The summed E-state index contributed by atoms with van der Waals surface area (Å²) in [4.78, 5) is 9.05. The zero-order chi connectivity index (χ0) is 23.6. The SMILES string of the molecule is Cc1cc(-c2cccc(-c3cccc(-c4cccc(C(=N)C=C(N)C(F)(F)F)n4)c3)n2)n[nH]1. The minimum atomic E-state index is -4.70. The first-order valence-electron chi connectivity index (χ1n) is 9.91. The van der Waals surface area contributed by atoms with Gasteiger partial charge in [-0.1, -0.05) is 30.3 Å². The highest BCUT2D eigenvalue weighted by Gasteiger charge is 2.31. The molecule has 0 aliphatic carbocycles. The Morgan fingerprint density at radius 3 is 2.12 bits per heavy atom. The van der Waals surface area contributed by atoms with E-state index in [2.05, 4.69) is 15.2 Å². The largest absolute Gasteiger partial charge is 0.430 e. The number of aromatic amines is 1. The zero-order valence-electron chi connectivity index (χ0n) is 17.5. The molecule has 0 unspecified atom stereocenters. The highest BCUT2D eigenvalue weighted by Crippen LogP contribution is 2.27. The molecule has 0 aliphatic rings. The minimum Gasteiger partial charge on any atom is -0.395 e. The summed E-state index contributed by atoms with van der Waals surface area (Å²) in [6.45, 7) is 1.91. The van der Waals surface area contributed by atoms with Crippen molar-refractivity contribution in [2.45, 2.75) is 13.1 Å².